The van der Waals surface area contributed by atoms with Gasteiger partial charge in [-0.05, 0) is 46.6 Å². The van der Waals surface area contributed by atoms with Crippen LogP contribution in [-0.4, -0.2) is 29.0 Å². The van der Waals surface area contributed by atoms with Crippen molar-refractivity contribution in [1.29, 1.82) is 0 Å². The second-order valence-electron chi connectivity index (χ2n) is 5.25. The summed E-state index contributed by atoms with van der Waals surface area (Å²) in [5.41, 5.74) is 4.42. The van der Waals surface area contributed by atoms with Crippen LogP contribution in [-0.2, 0) is 6.54 Å². The van der Waals surface area contributed by atoms with E-state index in [1.165, 1.54) is 11.1 Å². The van der Waals surface area contributed by atoms with Gasteiger partial charge in [-0.2, -0.15) is 0 Å². The van der Waals surface area contributed by atoms with Gasteiger partial charge in [-0.15, -0.1) is 0 Å². The van der Waals surface area contributed by atoms with Gasteiger partial charge in [0.2, 0.25) is 0 Å². The molecule has 2 heterocycles. The fourth-order valence-electron chi connectivity index (χ4n) is 2.10. The van der Waals surface area contributed by atoms with E-state index >= 15 is 0 Å². The van der Waals surface area contributed by atoms with Gasteiger partial charge in [0.25, 0.3) is 12.7 Å². The van der Waals surface area contributed by atoms with Crippen LogP contribution in [0.3, 0.4) is 0 Å². The molecule has 0 saturated carbocycles. The van der Waals surface area contributed by atoms with Gasteiger partial charge in [0.05, 0.1) is 11.6 Å². The molecule has 20 heavy (non-hydrogen) atoms. The summed E-state index contributed by atoms with van der Waals surface area (Å²) in [6.07, 6.45) is 3.69. The fraction of sp³-hybridized carbons (Fsp3) is 0.357. The summed E-state index contributed by atoms with van der Waals surface area (Å²) >= 11 is 0. The molecule has 0 saturated heterocycles. The summed E-state index contributed by atoms with van der Waals surface area (Å²) in [6, 6.07) is 4.18. The molecule has 0 spiro atoms. The largest absolute Gasteiger partial charge is 0.437 e. The molecule has 3 aromatic rings. The highest BCUT2D eigenvalue weighted by molar-refractivity contribution is 5.76. The van der Waals surface area contributed by atoms with Crippen LogP contribution in [0, 0.1) is 13.8 Å². The Balaban J connectivity index is 1.90. The summed E-state index contributed by atoms with van der Waals surface area (Å²) in [5, 5.41) is 6.14. The molecule has 104 valence electrons. The van der Waals surface area contributed by atoms with E-state index in [2.05, 4.69) is 41.0 Å². The normalized spacial score (nSPS) is 11.2. The van der Waals surface area contributed by atoms with Crippen LogP contribution in [0.2, 0.25) is 0 Å². The van der Waals surface area contributed by atoms with E-state index in [0.29, 0.717) is 6.54 Å². The first-order chi connectivity index (χ1) is 9.52. The second kappa shape index (κ2) is 4.63. The minimum absolute atomic E-state index is 0.626. The maximum atomic E-state index is 4.58. The third kappa shape index (κ3) is 2.24. The van der Waals surface area contributed by atoms with Crippen molar-refractivity contribution in [2.45, 2.75) is 20.4 Å². The molecular formula is C14H18N6. The molecule has 0 aliphatic carbocycles. The Kier molecular flexibility index (Phi) is 2.93. The molecule has 2 aromatic heterocycles. The third-order valence-electron chi connectivity index (χ3n) is 3.39. The summed E-state index contributed by atoms with van der Waals surface area (Å²) in [6.45, 7) is 4.82. The van der Waals surface area contributed by atoms with Gasteiger partial charge in [-0.1, -0.05) is 12.1 Å². The van der Waals surface area contributed by atoms with Crippen LogP contribution in [0.4, 0.5) is 0 Å². The van der Waals surface area contributed by atoms with Crippen molar-refractivity contribution in [3.05, 3.63) is 41.7 Å². The summed E-state index contributed by atoms with van der Waals surface area (Å²) in [5.74, 6) is 0.813. The van der Waals surface area contributed by atoms with Crippen LogP contribution in [0.25, 0.3) is 11.0 Å². The SMILES string of the molecule is Cc1cc2nc(C[n+]3cnn(N(C)C)c3)[n-]c2cc1C. The van der Waals surface area contributed by atoms with Gasteiger partial charge in [-0.25, -0.2) is 9.58 Å². The maximum absolute atomic E-state index is 4.58. The van der Waals surface area contributed by atoms with E-state index in [9.17, 15) is 0 Å². The van der Waals surface area contributed by atoms with Crippen LogP contribution in [0.1, 0.15) is 17.0 Å². The predicted molar refractivity (Wildman–Crippen MR) is 76.1 cm³/mol. The number of hydrogen-bond donors (Lipinski definition) is 0. The van der Waals surface area contributed by atoms with Gasteiger partial charge >= 0.3 is 0 Å². The highest BCUT2D eigenvalue weighted by Gasteiger charge is 2.06. The van der Waals surface area contributed by atoms with E-state index in [1.54, 1.807) is 11.1 Å². The number of fused-ring (bicyclic) bond motifs is 1. The van der Waals surface area contributed by atoms with Gasteiger partial charge in [0, 0.05) is 14.1 Å². The first-order valence-electron chi connectivity index (χ1n) is 6.55. The number of aromatic nitrogens is 5. The summed E-state index contributed by atoms with van der Waals surface area (Å²) < 4.78 is 1.97. The van der Waals surface area contributed by atoms with Crippen LogP contribution >= 0.6 is 0 Å². The molecule has 0 atom stereocenters. The Labute approximate surface area is 117 Å². The monoisotopic (exact) mass is 270 g/mol. The van der Waals surface area contributed by atoms with E-state index in [1.807, 2.05) is 30.0 Å². The van der Waals surface area contributed by atoms with Crippen molar-refractivity contribution in [3.63, 3.8) is 0 Å². The number of nitrogens with zero attached hydrogens (tertiary/aromatic N) is 6. The number of hydrogen-bond acceptors (Lipinski definition) is 3. The van der Waals surface area contributed by atoms with Crippen LogP contribution < -0.4 is 14.6 Å². The van der Waals surface area contributed by atoms with Crippen molar-refractivity contribution in [2.75, 3.05) is 19.1 Å². The molecule has 6 heteroatoms. The molecule has 0 amide bonds. The predicted octanol–water partition coefficient (Wildman–Crippen LogP) is 0.539. The Morgan fingerprint density at radius 1 is 1.25 bits per heavy atom. The average Bonchev–Trinajstić information content (AvgIpc) is 2.97. The lowest BCUT2D eigenvalue weighted by atomic mass is 10.1. The lowest BCUT2D eigenvalue weighted by Crippen LogP contribution is -2.34. The zero-order valence-electron chi connectivity index (χ0n) is 12.2. The zero-order valence-corrected chi connectivity index (χ0v) is 12.2. The molecular weight excluding hydrogens is 252 g/mol. The zero-order chi connectivity index (χ0) is 14.3. The first-order valence-corrected chi connectivity index (χ1v) is 6.55. The molecule has 0 aliphatic heterocycles. The lowest BCUT2D eigenvalue weighted by molar-refractivity contribution is -0.690. The van der Waals surface area contributed by atoms with E-state index in [-0.39, 0.29) is 0 Å². The maximum Gasteiger partial charge on any atom is 0.267 e. The number of aryl methyl sites for hydroxylation is 2. The van der Waals surface area contributed by atoms with Gasteiger partial charge < -0.3 is 9.97 Å². The second-order valence-corrected chi connectivity index (χ2v) is 5.25. The molecule has 0 bridgehead atoms. The Hall–Kier alpha value is -2.37. The topological polar surface area (TPSA) is 51.9 Å². The smallest absolute Gasteiger partial charge is 0.267 e. The Morgan fingerprint density at radius 2 is 2.00 bits per heavy atom. The third-order valence-corrected chi connectivity index (χ3v) is 3.39. The molecule has 0 radical (unpaired) electrons. The van der Waals surface area contributed by atoms with Crippen molar-refractivity contribution in [2.24, 2.45) is 0 Å². The average molecular weight is 270 g/mol. The Bertz CT molecular complexity index is 713. The lowest BCUT2D eigenvalue weighted by Gasteiger charge is -2.02. The van der Waals surface area contributed by atoms with Crippen LogP contribution in [0.15, 0.2) is 24.8 Å². The number of imidazole rings is 1. The molecule has 0 aliphatic rings. The molecule has 0 fully saturated rings. The summed E-state index contributed by atoms with van der Waals surface area (Å²) in [7, 11) is 3.88. The highest BCUT2D eigenvalue weighted by atomic mass is 15.7. The van der Waals surface area contributed by atoms with E-state index < -0.39 is 0 Å². The van der Waals surface area contributed by atoms with Gasteiger partial charge in [-0.3, -0.25) is 0 Å². The van der Waals surface area contributed by atoms with Crippen molar-refractivity contribution >= 4 is 11.0 Å². The van der Waals surface area contributed by atoms with Crippen molar-refractivity contribution < 1.29 is 4.57 Å². The van der Waals surface area contributed by atoms with Crippen LogP contribution in [0.5, 0.6) is 0 Å². The van der Waals surface area contributed by atoms with E-state index in [4.69, 9.17) is 0 Å². The van der Waals surface area contributed by atoms with Gasteiger partial charge in [0.1, 0.15) is 0 Å². The minimum atomic E-state index is 0.626. The molecule has 6 nitrogen and oxygen atoms in total. The van der Waals surface area contributed by atoms with Crippen molar-refractivity contribution in [3.8, 4) is 0 Å². The molecule has 3 rings (SSSR count). The molecule has 0 N–H and O–H groups in total. The highest BCUT2D eigenvalue weighted by Crippen LogP contribution is 2.16. The number of benzene rings is 1. The summed E-state index contributed by atoms with van der Waals surface area (Å²) in [4.78, 5) is 10.9. The van der Waals surface area contributed by atoms with E-state index in [0.717, 1.165) is 16.9 Å². The standard InChI is InChI=1S/C14H18N6/c1-10-5-12-13(6-11(10)2)17-14(16-12)7-19-8-15-20(9-19)18(3)4/h5-6,8-9H,7H2,1-4H3. The molecule has 1 aromatic carbocycles. The quantitative estimate of drug-likeness (QED) is 0.652. The number of rotatable bonds is 3. The van der Waals surface area contributed by atoms with Gasteiger partial charge in [0.15, 0.2) is 0 Å². The molecule has 0 unspecified atom stereocenters. The first kappa shape index (κ1) is 12.7. The fourth-order valence-corrected chi connectivity index (χ4v) is 2.10. The Morgan fingerprint density at radius 3 is 2.70 bits per heavy atom. The minimum Gasteiger partial charge on any atom is -0.437 e. The van der Waals surface area contributed by atoms with Crippen molar-refractivity contribution in [1.82, 2.24) is 19.9 Å².